The second kappa shape index (κ2) is 7.64. The number of rotatable bonds is 7. The first kappa shape index (κ1) is 16.1. The van der Waals surface area contributed by atoms with Gasteiger partial charge in [-0.05, 0) is 49.2 Å². The molecule has 2 N–H and O–H groups in total. The normalized spacial score (nSPS) is 13.2. The van der Waals surface area contributed by atoms with E-state index < -0.39 is 0 Å². The monoisotopic (exact) mass is 324 g/mol. The molecule has 1 fully saturated rings. The minimum atomic E-state index is -0.110. The SMILES string of the molecule is O=C(CCOc1ccccc1)Nc1ccc(NC(=O)C2CC2)cc1. The van der Waals surface area contributed by atoms with Crippen LogP contribution in [0.5, 0.6) is 5.75 Å². The molecular formula is C19H20N2O3. The van der Waals surface area contributed by atoms with Crippen molar-refractivity contribution >= 4 is 23.2 Å². The summed E-state index contributed by atoms with van der Waals surface area (Å²) >= 11 is 0. The number of anilines is 2. The lowest BCUT2D eigenvalue weighted by Gasteiger charge is -2.08. The minimum Gasteiger partial charge on any atom is -0.493 e. The standard InChI is InChI=1S/C19H20N2O3/c22-18(12-13-24-17-4-2-1-3-5-17)20-15-8-10-16(11-9-15)21-19(23)14-6-7-14/h1-5,8-11,14H,6-7,12-13H2,(H,20,22)(H,21,23). The summed E-state index contributed by atoms with van der Waals surface area (Å²) in [7, 11) is 0. The van der Waals surface area contributed by atoms with Crippen LogP contribution < -0.4 is 15.4 Å². The zero-order chi connectivity index (χ0) is 16.8. The highest BCUT2D eigenvalue weighted by atomic mass is 16.5. The Hall–Kier alpha value is -2.82. The van der Waals surface area contributed by atoms with Crippen LogP contribution in [0.25, 0.3) is 0 Å². The Bertz CT molecular complexity index is 694. The fourth-order valence-corrected chi connectivity index (χ4v) is 2.23. The Morgan fingerprint density at radius 3 is 2.17 bits per heavy atom. The van der Waals surface area contributed by atoms with Gasteiger partial charge in [0, 0.05) is 17.3 Å². The predicted molar refractivity (Wildman–Crippen MR) is 93.0 cm³/mol. The van der Waals surface area contributed by atoms with E-state index in [4.69, 9.17) is 4.74 Å². The number of hydrogen-bond donors (Lipinski definition) is 2. The molecule has 0 atom stereocenters. The van der Waals surface area contributed by atoms with Crippen molar-refractivity contribution in [3.05, 3.63) is 54.6 Å². The number of para-hydroxylation sites is 1. The molecule has 5 nitrogen and oxygen atoms in total. The van der Waals surface area contributed by atoms with Crippen molar-refractivity contribution in [3.8, 4) is 5.75 Å². The van der Waals surface area contributed by atoms with E-state index in [-0.39, 0.29) is 24.2 Å². The molecule has 0 saturated heterocycles. The topological polar surface area (TPSA) is 67.4 Å². The Morgan fingerprint density at radius 1 is 0.917 bits per heavy atom. The van der Waals surface area contributed by atoms with Crippen LogP contribution in [0.15, 0.2) is 54.6 Å². The van der Waals surface area contributed by atoms with E-state index in [9.17, 15) is 9.59 Å². The number of nitrogens with one attached hydrogen (secondary N) is 2. The van der Waals surface area contributed by atoms with Gasteiger partial charge in [0.2, 0.25) is 11.8 Å². The first-order chi connectivity index (χ1) is 11.7. The molecule has 0 spiro atoms. The van der Waals surface area contributed by atoms with Gasteiger partial charge < -0.3 is 15.4 Å². The van der Waals surface area contributed by atoms with Crippen LogP contribution in [0, 0.1) is 5.92 Å². The van der Waals surface area contributed by atoms with Gasteiger partial charge in [-0.3, -0.25) is 9.59 Å². The van der Waals surface area contributed by atoms with E-state index in [1.807, 2.05) is 30.3 Å². The molecule has 1 saturated carbocycles. The molecule has 0 aliphatic heterocycles. The van der Waals surface area contributed by atoms with Gasteiger partial charge in [0.25, 0.3) is 0 Å². The largest absolute Gasteiger partial charge is 0.493 e. The summed E-state index contributed by atoms with van der Waals surface area (Å²) in [5.41, 5.74) is 1.45. The molecule has 2 aromatic rings. The zero-order valence-electron chi connectivity index (χ0n) is 13.3. The van der Waals surface area contributed by atoms with Gasteiger partial charge in [-0.25, -0.2) is 0 Å². The van der Waals surface area contributed by atoms with Crippen LogP contribution in [0.1, 0.15) is 19.3 Å². The summed E-state index contributed by atoms with van der Waals surface area (Å²) in [4.78, 5) is 23.6. The summed E-state index contributed by atoms with van der Waals surface area (Å²) in [6, 6.07) is 16.5. The summed E-state index contributed by atoms with van der Waals surface area (Å²) < 4.78 is 5.50. The molecule has 0 heterocycles. The van der Waals surface area contributed by atoms with Crippen LogP contribution in [0.4, 0.5) is 11.4 Å². The van der Waals surface area contributed by atoms with Crippen LogP contribution in [0.2, 0.25) is 0 Å². The molecular weight excluding hydrogens is 304 g/mol. The van der Waals surface area contributed by atoms with E-state index >= 15 is 0 Å². The molecule has 1 aliphatic carbocycles. The number of ether oxygens (including phenoxy) is 1. The zero-order valence-corrected chi connectivity index (χ0v) is 13.3. The van der Waals surface area contributed by atoms with Crippen molar-refractivity contribution < 1.29 is 14.3 Å². The third kappa shape index (κ3) is 4.84. The summed E-state index contributed by atoms with van der Waals surface area (Å²) in [5.74, 6) is 0.889. The van der Waals surface area contributed by atoms with Crippen molar-refractivity contribution in [3.63, 3.8) is 0 Å². The fourth-order valence-electron chi connectivity index (χ4n) is 2.23. The van der Waals surface area contributed by atoms with Crippen molar-refractivity contribution in [1.29, 1.82) is 0 Å². The lowest BCUT2D eigenvalue weighted by molar-refractivity contribution is -0.117. The summed E-state index contributed by atoms with van der Waals surface area (Å²) in [5, 5.41) is 5.68. The van der Waals surface area contributed by atoms with Gasteiger partial charge in [0.15, 0.2) is 0 Å². The molecule has 124 valence electrons. The van der Waals surface area contributed by atoms with E-state index in [0.29, 0.717) is 12.3 Å². The maximum atomic E-state index is 11.9. The number of benzene rings is 2. The highest BCUT2D eigenvalue weighted by molar-refractivity contribution is 5.95. The van der Waals surface area contributed by atoms with Crippen LogP contribution in [-0.4, -0.2) is 18.4 Å². The second-order valence-corrected chi connectivity index (χ2v) is 5.80. The molecule has 1 aliphatic rings. The summed E-state index contributed by atoms with van der Waals surface area (Å²) in [6.45, 7) is 0.325. The first-order valence-corrected chi connectivity index (χ1v) is 8.09. The molecule has 0 radical (unpaired) electrons. The van der Waals surface area contributed by atoms with Crippen LogP contribution >= 0.6 is 0 Å². The number of carbonyl (C=O) groups excluding carboxylic acids is 2. The Labute approximate surface area is 141 Å². The van der Waals surface area contributed by atoms with Crippen LogP contribution in [0.3, 0.4) is 0 Å². The van der Waals surface area contributed by atoms with E-state index in [1.54, 1.807) is 24.3 Å². The molecule has 5 heteroatoms. The maximum absolute atomic E-state index is 11.9. The van der Waals surface area contributed by atoms with Crippen molar-refractivity contribution in [2.45, 2.75) is 19.3 Å². The quantitative estimate of drug-likeness (QED) is 0.820. The van der Waals surface area contributed by atoms with E-state index in [0.717, 1.165) is 24.3 Å². The highest BCUT2D eigenvalue weighted by Gasteiger charge is 2.29. The number of carbonyl (C=O) groups is 2. The highest BCUT2D eigenvalue weighted by Crippen LogP contribution is 2.30. The Morgan fingerprint density at radius 2 is 1.54 bits per heavy atom. The fraction of sp³-hybridized carbons (Fsp3) is 0.263. The van der Waals surface area contributed by atoms with Gasteiger partial charge in [0.05, 0.1) is 13.0 Å². The van der Waals surface area contributed by atoms with E-state index in [2.05, 4.69) is 10.6 Å². The Balaban J connectivity index is 1.41. The molecule has 2 amide bonds. The number of hydrogen-bond acceptors (Lipinski definition) is 3. The van der Waals surface area contributed by atoms with Gasteiger partial charge in [-0.15, -0.1) is 0 Å². The molecule has 0 bridgehead atoms. The lowest BCUT2D eigenvalue weighted by Crippen LogP contribution is -2.15. The molecule has 3 rings (SSSR count). The van der Waals surface area contributed by atoms with Crippen molar-refractivity contribution in [2.75, 3.05) is 17.2 Å². The van der Waals surface area contributed by atoms with Gasteiger partial charge in [-0.2, -0.15) is 0 Å². The maximum Gasteiger partial charge on any atom is 0.227 e. The molecule has 24 heavy (non-hydrogen) atoms. The average molecular weight is 324 g/mol. The van der Waals surface area contributed by atoms with Gasteiger partial charge >= 0.3 is 0 Å². The average Bonchev–Trinajstić information content (AvgIpc) is 3.43. The van der Waals surface area contributed by atoms with Gasteiger partial charge in [-0.1, -0.05) is 18.2 Å². The molecule has 0 unspecified atom stereocenters. The lowest BCUT2D eigenvalue weighted by atomic mass is 10.2. The van der Waals surface area contributed by atoms with Crippen molar-refractivity contribution in [2.24, 2.45) is 5.92 Å². The molecule has 2 aromatic carbocycles. The minimum absolute atomic E-state index is 0.0739. The van der Waals surface area contributed by atoms with Crippen molar-refractivity contribution in [1.82, 2.24) is 0 Å². The van der Waals surface area contributed by atoms with Gasteiger partial charge in [0.1, 0.15) is 5.75 Å². The Kier molecular flexibility index (Phi) is 5.11. The van der Waals surface area contributed by atoms with E-state index in [1.165, 1.54) is 0 Å². The molecule has 0 aromatic heterocycles. The smallest absolute Gasteiger partial charge is 0.227 e. The number of amides is 2. The summed E-state index contributed by atoms with van der Waals surface area (Å²) in [6.07, 6.45) is 2.23. The predicted octanol–water partition coefficient (Wildman–Crippen LogP) is 3.44. The first-order valence-electron chi connectivity index (χ1n) is 8.09. The second-order valence-electron chi connectivity index (χ2n) is 5.80. The third-order valence-corrected chi connectivity index (χ3v) is 3.73. The third-order valence-electron chi connectivity index (χ3n) is 3.73. The van der Waals surface area contributed by atoms with Crippen LogP contribution in [-0.2, 0) is 9.59 Å².